The first-order chi connectivity index (χ1) is 35.6. The number of fused-ring (bicyclic) bond motifs is 3. The van der Waals surface area contributed by atoms with Gasteiger partial charge in [0.05, 0.1) is 17.7 Å². The molecule has 75 heavy (non-hydrogen) atoms. The smallest absolute Gasteiger partial charge is 0.137 e. The predicted octanol–water partition coefficient (Wildman–Crippen LogP) is 19.0. The highest BCUT2D eigenvalue weighted by molar-refractivity contribution is 6.09. The Kier molecular flexibility index (Phi) is 13.2. The number of hydrogen-bond acceptors (Lipinski definition) is 4. The number of pyridine rings is 1. The molecule has 0 radical (unpaired) electrons. The molecule has 5 nitrogen and oxygen atoms in total. The van der Waals surface area contributed by atoms with Crippen LogP contribution in [0.25, 0.3) is 38.8 Å². The molecule has 0 amide bonds. The van der Waals surface area contributed by atoms with E-state index in [0.29, 0.717) is 18.5 Å². The van der Waals surface area contributed by atoms with Crippen molar-refractivity contribution >= 4 is 33.2 Å². The molecule has 5 heteroatoms. The van der Waals surface area contributed by atoms with E-state index in [4.69, 9.17) is 9.72 Å². The molecule has 10 rings (SSSR count). The second kappa shape index (κ2) is 19.4. The molecule has 0 saturated carbocycles. The van der Waals surface area contributed by atoms with E-state index in [1.165, 1.54) is 61.3 Å². The number of allylic oxidation sites excluding steroid dienone is 1. The zero-order valence-electron chi connectivity index (χ0n) is 46.9. The van der Waals surface area contributed by atoms with Crippen molar-refractivity contribution in [3.8, 4) is 28.4 Å². The van der Waals surface area contributed by atoms with E-state index in [9.17, 15) is 0 Å². The van der Waals surface area contributed by atoms with E-state index < -0.39 is 0 Å². The molecule has 0 saturated heterocycles. The molecule has 7 aromatic carbocycles. The first-order valence-electron chi connectivity index (χ1n) is 27.1. The van der Waals surface area contributed by atoms with Crippen molar-refractivity contribution in [1.29, 1.82) is 0 Å². The summed E-state index contributed by atoms with van der Waals surface area (Å²) < 4.78 is 9.54. The SMILES string of the molecule is CC(C)c1cccc(C(C)C)c1-c1cc(Oc2ccc3c4ccccc4n(-c4cc(C(C)(C)C)ccn4)c3c2)cc(N2CN(c3cc(C(C)(C)c4ccccc4)cc(C(C)(C)c4ccccc4)c3)C=C2C(C)(C)C)c1. The number of ether oxygens (including phenoxy) is 1. The van der Waals surface area contributed by atoms with Gasteiger partial charge in [-0.1, -0.05) is 200 Å². The molecule has 9 aromatic rings. The van der Waals surface area contributed by atoms with Crippen LogP contribution in [0.3, 0.4) is 0 Å². The molecule has 382 valence electrons. The van der Waals surface area contributed by atoms with Gasteiger partial charge in [-0.05, 0) is 122 Å². The summed E-state index contributed by atoms with van der Waals surface area (Å²) >= 11 is 0. The monoisotopic (exact) mass is 989 g/mol. The molecule has 0 aliphatic carbocycles. The summed E-state index contributed by atoms with van der Waals surface area (Å²) in [4.78, 5) is 9.97. The van der Waals surface area contributed by atoms with Crippen molar-refractivity contribution < 1.29 is 4.74 Å². The summed E-state index contributed by atoms with van der Waals surface area (Å²) in [5.74, 6) is 3.08. The Labute approximate surface area is 447 Å². The Morgan fingerprint density at radius 1 is 0.467 bits per heavy atom. The summed E-state index contributed by atoms with van der Waals surface area (Å²) in [6.07, 6.45) is 4.34. The van der Waals surface area contributed by atoms with Crippen LogP contribution in [0.5, 0.6) is 11.5 Å². The van der Waals surface area contributed by atoms with Crippen LogP contribution >= 0.6 is 0 Å². The fraction of sp³-hybridized carbons (Fsp3) is 0.300. The van der Waals surface area contributed by atoms with Crippen LogP contribution in [0, 0.1) is 5.41 Å². The third kappa shape index (κ3) is 9.79. The summed E-state index contributed by atoms with van der Waals surface area (Å²) in [6, 6.07) is 62.6. The molecule has 0 N–H and O–H groups in total. The number of aromatic nitrogens is 2. The molecule has 0 bridgehead atoms. The molecule has 2 aromatic heterocycles. The minimum atomic E-state index is -0.252. The lowest BCUT2D eigenvalue weighted by molar-refractivity contribution is 0.481. The van der Waals surface area contributed by atoms with Gasteiger partial charge in [0.25, 0.3) is 0 Å². The van der Waals surface area contributed by atoms with Crippen molar-refractivity contribution in [2.45, 2.75) is 125 Å². The molecule has 0 atom stereocenters. The molecule has 0 spiro atoms. The largest absolute Gasteiger partial charge is 0.457 e. The number of benzene rings is 7. The Morgan fingerprint density at radius 3 is 1.64 bits per heavy atom. The highest BCUT2D eigenvalue weighted by atomic mass is 16.5. The van der Waals surface area contributed by atoms with E-state index >= 15 is 0 Å². The third-order valence-electron chi connectivity index (χ3n) is 15.9. The van der Waals surface area contributed by atoms with Crippen LogP contribution in [-0.4, -0.2) is 16.2 Å². The zero-order valence-corrected chi connectivity index (χ0v) is 46.9. The lowest BCUT2D eigenvalue weighted by Crippen LogP contribution is -2.31. The number of anilines is 2. The maximum atomic E-state index is 7.24. The molecule has 3 heterocycles. The predicted molar refractivity (Wildman–Crippen MR) is 318 cm³/mol. The van der Waals surface area contributed by atoms with Gasteiger partial charge in [0, 0.05) is 68.6 Å². The maximum Gasteiger partial charge on any atom is 0.137 e. The second-order valence-corrected chi connectivity index (χ2v) is 24.7. The van der Waals surface area contributed by atoms with Crippen LogP contribution in [0.15, 0.2) is 188 Å². The first kappa shape index (κ1) is 51.1. The van der Waals surface area contributed by atoms with Crippen LogP contribution < -0.4 is 14.5 Å². The van der Waals surface area contributed by atoms with E-state index in [-0.39, 0.29) is 21.7 Å². The van der Waals surface area contributed by atoms with Gasteiger partial charge >= 0.3 is 0 Å². The van der Waals surface area contributed by atoms with Crippen molar-refractivity contribution in [2.75, 3.05) is 16.5 Å². The van der Waals surface area contributed by atoms with Crippen LogP contribution in [0.1, 0.15) is 148 Å². The zero-order chi connectivity index (χ0) is 53.2. The standard InChI is InChI=1S/C70H76N4O/c1-46(2)58-29-23-30-59(47(3)4)66(58)48-36-55(42-57(37-48)75-56-32-33-61-60-28-21-22-31-62(60)74(63(61)43-56)65-41-51(34-35-71-65)67(5,6)7)73-45-72(44-64(73)68(8,9)10)54-39-52(69(11,12)49-24-17-15-18-25-49)38-53(40-54)70(13,14)50-26-19-16-20-27-50/h15-44,46-47H,45H2,1-14H3. The highest BCUT2D eigenvalue weighted by Gasteiger charge is 2.35. The molecular formula is C70H76N4O. The average molecular weight is 989 g/mol. The molecule has 1 aliphatic heterocycles. The first-order valence-corrected chi connectivity index (χ1v) is 27.1. The molecule has 1 aliphatic rings. The summed E-state index contributed by atoms with van der Waals surface area (Å²) in [7, 11) is 0. The quantitative estimate of drug-likeness (QED) is 0.122. The van der Waals surface area contributed by atoms with Gasteiger partial charge in [0.15, 0.2) is 0 Å². The summed E-state index contributed by atoms with van der Waals surface area (Å²) in [5.41, 5.74) is 16.4. The van der Waals surface area contributed by atoms with E-state index in [0.717, 1.165) is 45.0 Å². The molecule has 0 unspecified atom stereocenters. The lowest BCUT2D eigenvalue weighted by Gasteiger charge is -2.33. The minimum absolute atomic E-state index is 0.0307. The van der Waals surface area contributed by atoms with Crippen molar-refractivity contribution in [1.82, 2.24) is 9.55 Å². The van der Waals surface area contributed by atoms with Crippen molar-refractivity contribution in [3.05, 3.63) is 227 Å². The summed E-state index contributed by atoms with van der Waals surface area (Å²) in [5, 5.41) is 2.34. The Hall–Kier alpha value is -7.37. The number of rotatable bonds is 12. The highest BCUT2D eigenvalue weighted by Crippen LogP contribution is 2.47. The van der Waals surface area contributed by atoms with E-state index in [1.807, 2.05) is 6.20 Å². The fourth-order valence-corrected chi connectivity index (χ4v) is 11.2. The van der Waals surface area contributed by atoms with Gasteiger partial charge < -0.3 is 14.5 Å². The Morgan fingerprint density at radius 2 is 1.05 bits per heavy atom. The third-order valence-corrected chi connectivity index (χ3v) is 15.9. The number of nitrogens with zero attached hydrogens (tertiary/aromatic N) is 4. The van der Waals surface area contributed by atoms with Gasteiger partial charge in [-0.15, -0.1) is 0 Å². The van der Waals surface area contributed by atoms with Gasteiger partial charge in [-0.25, -0.2) is 4.98 Å². The maximum absolute atomic E-state index is 7.24. The normalized spacial score (nSPS) is 13.7. The number of para-hydroxylation sites is 1. The second-order valence-electron chi connectivity index (χ2n) is 24.7. The molecule has 0 fully saturated rings. The molecular weight excluding hydrogens is 913 g/mol. The van der Waals surface area contributed by atoms with Crippen LogP contribution in [0.2, 0.25) is 0 Å². The number of hydrogen-bond donors (Lipinski definition) is 0. The fourth-order valence-electron chi connectivity index (χ4n) is 11.2. The van der Waals surface area contributed by atoms with Gasteiger partial charge in [-0.3, -0.25) is 4.57 Å². The lowest BCUT2D eigenvalue weighted by atomic mass is 9.73. The van der Waals surface area contributed by atoms with Crippen LogP contribution in [0.4, 0.5) is 11.4 Å². The van der Waals surface area contributed by atoms with E-state index in [1.54, 1.807) is 0 Å². The average Bonchev–Trinajstić information content (AvgIpc) is 4.00. The van der Waals surface area contributed by atoms with Gasteiger partial charge in [0.2, 0.25) is 0 Å². The van der Waals surface area contributed by atoms with Crippen LogP contribution in [-0.2, 0) is 16.2 Å². The van der Waals surface area contributed by atoms with Gasteiger partial charge in [0.1, 0.15) is 17.3 Å². The van der Waals surface area contributed by atoms with Crippen molar-refractivity contribution in [2.24, 2.45) is 5.41 Å². The Balaban J connectivity index is 1.13. The minimum Gasteiger partial charge on any atom is -0.457 e. The van der Waals surface area contributed by atoms with E-state index in [2.05, 4.69) is 287 Å². The Bertz CT molecular complexity index is 3480. The van der Waals surface area contributed by atoms with Crippen molar-refractivity contribution in [3.63, 3.8) is 0 Å². The van der Waals surface area contributed by atoms with Gasteiger partial charge in [-0.2, -0.15) is 0 Å². The summed E-state index contributed by atoms with van der Waals surface area (Å²) in [6.45, 7) is 33.1. The topological polar surface area (TPSA) is 33.5 Å².